The molecule has 0 aliphatic rings. The molecule has 0 radical (unpaired) electrons. The minimum Gasteiger partial charge on any atom is -0.360 e. The summed E-state index contributed by atoms with van der Waals surface area (Å²) in [6.07, 6.45) is 0. The molecular weight excluding hydrogens is 366 g/mol. The number of carbonyl (C=O) groups excluding carboxylic acids is 2. The Morgan fingerprint density at radius 3 is 2.41 bits per heavy atom. The minimum absolute atomic E-state index is 0.148. The van der Waals surface area contributed by atoms with Crippen LogP contribution in [-0.2, 0) is 4.79 Å². The Bertz CT molecular complexity index is 938. The average Bonchev–Trinajstić information content (AvgIpc) is 3.06. The second kappa shape index (κ2) is 8.45. The van der Waals surface area contributed by atoms with E-state index < -0.39 is 0 Å². The predicted molar refractivity (Wildman–Crippen MR) is 102 cm³/mol. The smallest absolute Gasteiger partial charge is 0.256 e. The van der Waals surface area contributed by atoms with Crippen LogP contribution in [0.2, 0.25) is 0 Å². The van der Waals surface area contributed by atoms with Crippen LogP contribution in [0.25, 0.3) is 0 Å². The van der Waals surface area contributed by atoms with E-state index >= 15 is 0 Å². The Balaban J connectivity index is 1.50. The molecule has 0 unspecified atom stereocenters. The molecule has 0 fully saturated rings. The van der Waals surface area contributed by atoms with Crippen molar-refractivity contribution in [2.24, 2.45) is 0 Å². The second-order valence-electron chi connectivity index (χ2n) is 5.74. The first-order valence-corrected chi connectivity index (χ1v) is 9.06. The van der Waals surface area contributed by atoms with Crippen LogP contribution < -0.4 is 10.6 Å². The van der Waals surface area contributed by atoms with Gasteiger partial charge in [0.2, 0.25) is 5.91 Å². The van der Waals surface area contributed by atoms with Crippen molar-refractivity contribution in [2.45, 2.75) is 18.9 Å². The molecule has 0 saturated carbocycles. The van der Waals surface area contributed by atoms with Crippen molar-refractivity contribution < 1.29 is 14.1 Å². The number of amides is 2. The van der Waals surface area contributed by atoms with Gasteiger partial charge in [0, 0.05) is 11.6 Å². The van der Waals surface area contributed by atoms with Crippen molar-refractivity contribution in [1.29, 1.82) is 0 Å². The molecule has 27 heavy (non-hydrogen) atoms. The molecule has 3 rings (SSSR count). The van der Waals surface area contributed by atoms with Gasteiger partial charge in [-0.25, -0.2) is 0 Å². The molecule has 9 heteroatoms. The van der Waals surface area contributed by atoms with Gasteiger partial charge in [0.25, 0.3) is 5.91 Å². The maximum Gasteiger partial charge on any atom is 0.256 e. The lowest BCUT2D eigenvalue weighted by atomic mass is 10.1. The van der Waals surface area contributed by atoms with Crippen LogP contribution in [-0.4, -0.2) is 32.9 Å². The Morgan fingerprint density at radius 2 is 1.78 bits per heavy atom. The first-order chi connectivity index (χ1) is 13.0. The first-order valence-electron chi connectivity index (χ1n) is 8.07. The van der Waals surface area contributed by atoms with Gasteiger partial charge in [0.15, 0.2) is 11.6 Å². The fourth-order valence-electron chi connectivity index (χ4n) is 2.10. The van der Waals surface area contributed by atoms with Crippen LogP contribution in [0.15, 0.2) is 52.0 Å². The zero-order chi connectivity index (χ0) is 19.2. The summed E-state index contributed by atoms with van der Waals surface area (Å²) < 4.78 is 4.88. The number of aromatic nitrogens is 3. The highest BCUT2D eigenvalue weighted by molar-refractivity contribution is 7.99. The summed E-state index contributed by atoms with van der Waals surface area (Å²) in [5, 5.41) is 17.5. The molecule has 2 heterocycles. The number of aryl methyl sites for hydroxylation is 2. The summed E-state index contributed by atoms with van der Waals surface area (Å²) >= 11 is 1.22. The van der Waals surface area contributed by atoms with Gasteiger partial charge in [-0.2, -0.15) is 0 Å². The first kappa shape index (κ1) is 18.6. The highest BCUT2D eigenvalue weighted by Crippen LogP contribution is 2.17. The lowest BCUT2D eigenvalue weighted by Gasteiger charge is -2.05. The number of benzene rings is 1. The molecule has 0 spiro atoms. The SMILES string of the molecule is Cc1ccc(C(=O)Nc2ccc(SCC(=O)Nc3cc(C)on3)nn2)cc1. The molecule has 2 aromatic heterocycles. The Kier molecular flexibility index (Phi) is 5.82. The summed E-state index contributed by atoms with van der Waals surface area (Å²) in [6, 6.07) is 12.2. The monoisotopic (exact) mass is 383 g/mol. The summed E-state index contributed by atoms with van der Waals surface area (Å²) in [5.74, 6) is 0.993. The molecule has 0 aliphatic carbocycles. The zero-order valence-electron chi connectivity index (χ0n) is 14.7. The predicted octanol–water partition coefficient (Wildman–Crippen LogP) is 3.06. The van der Waals surface area contributed by atoms with Crippen LogP contribution in [0.4, 0.5) is 11.6 Å². The topological polar surface area (TPSA) is 110 Å². The number of nitrogens with one attached hydrogen (secondary N) is 2. The molecule has 0 bridgehead atoms. The summed E-state index contributed by atoms with van der Waals surface area (Å²) in [7, 11) is 0. The van der Waals surface area contributed by atoms with E-state index in [2.05, 4.69) is 26.0 Å². The van der Waals surface area contributed by atoms with Crippen molar-refractivity contribution >= 4 is 35.2 Å². The lowest BCUT2D eigenvalue weighted by Crippen LogP contribution is -2.15. The fourth-order valence-corrected chi connectivity index (χ4v) is 2.71. The van der Waals surface area contributed by atoms with Gasteiger partial charge in [-0.15, -0.1) is 10.2 Å². The third kappa shape index (κ3) is 5.38. The van der Waals surface area contributed by atoms with E-state index in [0.717, 1.165) is 5.56 Å². The number of hydrogen-bond donors (Lipinski definition) is 2. The maximum atomic E-state index is 12.2. The second-order valence-corrected chi connectivity index (χ2v) is 6.73. The quantitative estimate of drug-likeness (QED) is 0.629. The third-order valence-corrected chi connectivity index (χ3v) is 4.36. The number of hydrogen-bond acceptors (Lipinski definition) is 7. The third-order valence-electron chi connectivity index (χ3n) is 3.44. The fraction of sp³-hybridized carbons (Fsp3) is 0.167. The van der Waals surface area contributed by atoms with Gasteiger partial charge < -0.3 is 15.2 Å². The number of carbonyl (C=O) groups is 2. The van der Waals surface area contributed by atoms with E-state index in [1.165, 1.54) is 11.8 Å². The Labute approximate surface area is 159 Å². The highest BCUT2D eigenvalue weighted by atomic mass is 32.2. The Morgan fingerprint density at radius 1 is 1.00 bits per heavy atom. The maximum absolute atomic E-state index is 12.2. The molecule has 1 aromatic carbocycles. The summed E-state index contributed by atoms with van der Waals surface area (Å²) in [6.45, 7) is 3.70. The van der Waals surface area contributed by atoms with Crippen molar-refractivity contribution in [3.05, 3.63) is 59.4 Å². The molecule has 0 atom stereocenters. The van der Waals surface area contributed by atoms with E-state index in [9.17, 15) is 9.59 Å². The van der Waals surface area contributed by atoms with Gasteiger partial charge in [0.05, 0.1) is 5.75 Å². The molecule has 3 aromatic rings. The number of anilines is 2. The molecule has 8 nitrogen and oxygen atoms in total. The molecule has 138 valence electrons. The molecule has 0 saturated heterocycles. The van der Waals surface area contributed by atoms with Crippen LogP contribution in [0.1, 0.15) is 21.7 Å². The zero-order valence-corrected chi connectivity index (χ0v) is 15.5. The summed E-state index contributed by atoms with van der Waals surface area (Å²) in [5.41, 5.74) is 1.62. The normalized spacial score (nSPS) is 10.4. The van der Waals surface area contributed by atoms with Crippen molar-refractivity contribution in [1.82, 2.24) is 15.4 Å². The van der Waals surface area contributed by atoms with Crippen LogP contribution in [0, 0.1) is 13.8 Å². The van der Waals surface area contributed by atoms with Crippen molar-refractivity contribution in [3.63, 3.8) is 0 Å². The largest absolute Gasteiger partial charge is 0.360 e. The highest BCUT2D eigenvalue weighted by Gasteiger charge is 2.09. The number of thioether (sulfide) groups is 1. The van der Waals surface area contributed by atoms with Gasteiger partial charge >= 0.3 is 0 Å². The van der Waals surface area contributed by atoms with Crippen molar-refractivity contribution in [3.8, 4) is 0 Å². The van der Waals surface area contributed by atoms with E-state index in [1.807, 2.05) is 19.1 Å². The van der Waals surface area contributed by atoms with E-state index in [4.69, 9.17) is 4.52 Å². The van der Waals surface area contributed by atoms with Gasteiger partial charge in [-0.05, 0) is 38.1 Å². The average molecular weight is 383 g/mol. The number of nitrogens with zero attached hydrogens (tertiary/aromatic N) is 3. The molecule has 2 amide bonds. The van der Waals surface area contributed by atoms with Gasteiger partial charge in [-0.1, -0.05) is 34.6 Å². The lowest BCUT2D eigenvalue weighted by molar-refractivity contribution is -0.113. The van der Waals surface area contributed by atoms with E-state index in [1.54, 1.807) is 37.3 Å². The van der Waals surface area contributed by atoms with E-state index in [0.29, 0.717) is 28.0 Å². The molecule has 2 N–H and O–H groups in total. The van der Waals surface area contributed by atoms with Gasteiger partial charge in [0.1, 0.15) is 10.8 Å². The Hall–Kier alpha value is -3.20. The van der Waals surface area contributed by atoms with Crippen LogP contribution in [0.3, 0.4) is 0 Å². The van der Waals surface area contributed by atoms with Crippen LogP contribution in [0.5, 0.6) is 0 Å². The number of rotatable bonds is 6. The minimum atomic E-state index is -0.257. The van der Waals surface area contributed by atoms with Crippen LogP contribution >= 0.6 is 11.8 Å². The van der Waals surface area contributed by atoms with Crippen molar-refractivity contribution in [2.75, 3.05) is 16.4 Å². The standard InChI is InChI=1S/C18H17N5O3S/c1-11-3-5-13(6-4-11)18(25)20-14-7-8-17(22-21-14)27-10-16(24)19-15-9-12(2)26-23-15/h3-9H,10H2,1-2H3,(H,19,23,24)(H,20,21,25). The molecular formula is C18H17N5O3S. The van der Waals surface area contributed by atoms with E-state index in [-0.39, 0.29) is 17.6 Å². The van der Waals surface area contributed by atoms with Gasteiger partial charge in [-0.3, -0.25) is 9.59 Å². The summed E-state index contributed by atoms with van der Waals surface area (Å²) in [4.78, 5) is 24.0. The molecule has 0 aliphatic heterocycles.